The predicted molar refractivity (Wildman–Crippen MR) is 83.2 cm³/mol. The normalized spacial score (nSPS) is 28.9. The molecule has 0 spiro atoms. The Bertz CT molecular complexity index is 347. The van der Waals surface area contributed by atoms with Crippen molar-refractivity contribution in [1.82, 2.24) is 10.6 Å². The second-order valence-electron chi connectivity index (χ2n) is 6.35. The van der Waals surface area contributed by atoms with Crippen LogP contribution in [0.3, 0.4) is 0 Å². The van der Waals surface area contributed by atoms with E-state index in [0.717, 1.165) is 44.9 Å². The molecule has 1 saturated carbocycles. The summed E-state index contributed by atoms with van der Waals surface area (Å²) in [7, 11) is 0. The van der Waals surface area contributed by atoms with E-state index in [1.165, 1.54) is 0 Å². The first-order chi connectivity index (χ1) is 9.95. The Morgan fingerprint density at radius 2 is 1.76 bits per heavy atom. The van der Waals surface area contributed by atoms with Crippen LogP contribution in [0.5, 0.6) is 0 Å². The second kappa shape index (κ2) is 8.25. The first-order valence-corrected chi connectivity index (χ1v) is 8.24. The highest BCUT2D eigenvalue weighted by molar-refractivity contribution is 5.87. The molecule has 21 heavy (non-hydrogen) atoms. The van der Waals surface area contributed by atoms with Crippen molar-refractivity contribution in [3.05, 3.63) is 0 Å². The van der Waals surface area contributed by atoms with E-state index in [4.69, 9.17) is 0 Å². The van der Waals surface area contributed by atoms with Crippen molar-refractivity contribution < 1.29 is 14.7 Å². The van der Waals surface area contributed by atoms with E-state index in [-0.39, 0.29) is 17.9 Å². The quantitative estimate of drug-likeness (QED) is 0.632. The molecule has 0 saturated heterocycles. The molecule has 5 heteroatoms. The lowest BCUT2D eigenvalue weighted by Gasteiger charge is -2.44. The van der Waals surface area contributed by atoms with Crippen LogP contribution in [0.25, 0.3) is 0 Å². The summed E-state index contributed by atoms with van der Waals surface area (Å²) in [5, 5.41) is 15.2. The van der Waals surface area contributed by atoms with Gasteiger partial charge in [-0.05, 0) is 31.1 Å². The molecule has 0 aromatic heterocycles. The van der Waals surface area contributed by atoms with Crippen LogP contribution in [0.2, 0.25) is 0 Å². The van der Waals surface area contributed by atoms with E-state index in [9.17, 15) is 14.7 Å². The van der Waals surface area contributed by atoms with E-state index < -0.39 is 11.5 Å². The van der Waals surface area contributed by atoms with Crippen molar-refractivity contribution in [3.8, 4) is 0 Å². The maximum Gasteiger partial charge on any atom is 0.330 e. The fourth-order valence-electron chi connectivity index (χ4n) is 3.38. The van der Waals surface area contributed by atoms with Gasteiger partial charge in [-0.15, -0.1) is 0 Å². The number of unbranched alkanes of at least 4 members (excludes halogenated alkanes) is 3. The molecule has 0 heterocycles. The fraction of sp³-hybridized carbons (Fsp3) is 0.875. The Kier molecular flexibility index (Phi) is 6.99. The number of amides is 2. The number of rotatable bonds is 7. The van der Waals surface area contributed by atoms with Crippen LogP contribution in [-0.2, 0) is 4.79 Å². The summed E-state index contributed by atoms with van der Waals surface area (Å²) in [4.78, 5) is 23.9. The maximum atomic E-state index is 12.1. The molecule has 122 valence electrons. The minimum absolute atomic E-state index is 0.0513. The van der Waals surface area contributed by atoms with Gasteiger partial charge in [0.1, 0.15) is 5.54 Å². The lowest BCUT2D eigenvalue weighted by molar-refractivity contribution is -0.151. The molecule has 0 aromatic carbocycles. The van der Waals surface area contributed by atoms with Crippen LogP contribution in [0.1, 0.15) is 65.7 Å². The maximum absolute atomic E-state index is 12.1. The molecule has 2 amide bonds. The monoisotopic (exact) mass is 298 g/mol. The number of carboxylic acid groups (broad SMARTS) is 1. The summed E-state index contributed by atoms with van der Waals surface area (Å²) >= 11 is 0. The van der Waals surface area contributed by atoms with Crippen molar-refractivity contribution in [3.63, 3.8) is 0 Å². The summed E-state index contributed by atoms with van der Waals surface area (Å²) in [5.74, 6) is -1.02. The highest BCUT2D eigenvalue weighted by Gasteiger charge is 2.51. The average molecular weight is 298 g/mol. The van der Waals surface area contributed by atoms with Crippen molar-refractivity contribution in [2.75, 3.05) is 6.54 Å². The van der Waals surface area contributed by atoms with Crippen molar-refractivity contribution in [2.45, 2.75) is 71.3 Å². The summed E-state index contributed by atoms with van der Waals surface area (Å²) in [5.41, 5.74) is -1.13. The molecule has 3 N–H and O–H groups in total. The summed E-state index contributed by atoms with van der Waals surface area (Å²) in [6.45, 7) is 6.59. The minimum Gasteiger partial charge on any atom is -0.479 e. The van der Waals surface area contributed by atoms with E-state index in [1.807, 2.05) is 13.8 Å². The Morgan fingerprint density at radius 3 is 2.29 bits per heavy atom. The SMILES string of the molecule is CCCCCCNC(=O)NC1(C(=O)O)C(C)CCCC1C. The lowest BCUT2D eigenvalue weighted by Crippen LogP contribution is -2.65. The molecular weight excluding hydrogens is 268 g/mol. The van der Waals surface area contributed by atoms with Gasteiger partial charge in [-0.3, -0.25) is 0 Å². The molecule has 1 aliphatic carbocycles. The Hall–Kier alpha value is -1.26. The molecule has 0 aliphatic heterocycles. The zero-order valence-electron chi connectivity index (χ0n) is 13.6. The third-order valence-electron chi connectivity index (χ3n) is 4.82. The zero-order valence-corrected chi connectivity index (χ0v) is 13.6. The van der Waals surface area contributed by atoms with Gasteiger partial charge in [-0.1, -0.05) is 46.5 Å². The average Bonchev–Trinajstić information content (AvgIpc) is 2.42. The second-order valence-corrected chi connectivity index (χ2v) is 6.35. The fourth-order valence-corrected chi connectivity index (χ4v) is 3.38. The standard InChI is InChI=1S/C16H30N2O3/c1-4-5-6-7-11-17-15(21)18-16(14(19)20)12(2)9-8-10-13(16)3/h12-13H,4-11H2,1-3H3,(H,19,20)(H2,17,18,21). The van der Waals surface area contributed by atoms with Crippen LogP contribution in [0, 0.1) is 11.8 Å². The molecule has 0 bridgehead atoms. The van der Waals surface area contributed by atoms with Gasteiger partial charge in [0.2, 0.25) is 0 Å². The van der Waals surface area contributed by atoms with Crippen LogP contribution in [0.15, 0.2) is 0 Å². The van der Waals surface area contributed by atoms with Crippen molar-refractivity contribution in [1.29, 1.82) is 0 Å². The zero-order chi connectivity index (χ0) is 15.9. The minimum atomic E-state index is -1.13. The Morgan fingerprint density at radius 1 is 1.14 bits per heavy atom. The van der Waals surface area contributed by atoms with Crippen LogP contribution in [-0.4, -0.2) is 29.2 Å². The molecule has 2 unspecified atom stereocenters. The number of aliphatic carboxylic acids is 1. The van der Waals surface area contributed by atoms with E-state index in [2.05, 4.69) is 17.6 Å². The van der Waals surface area contributed by atoms with Crippen molar-refractivity contribution >= 4 is 12.0 Å². The van der Waals surface area contributed by atoms with Gasteiger partial charge in [0, 0.05) is 6.54 Å². The largest absolute Gasteiger partial charge is 0.479 e. The van der Waals surface area contributed by atoms with Gasteiger partial charge in [-0.25, -0.2) is 9.59 Å². The van der Waals surface area contributed by atoms with Crippen LogP contribution < -0.4 is 10.6 Å². The lowest BCUT2D eigenvalue weighted by atomic mass is 9.67. The van der Waals surface area contributed by atoms with Gasteiger partial charge in [0.25, 0.3) is 0 Å². The van der Waals surface area contributed by atoms with Gasteiger partial charge in [0.15, 0.2) is 0 Å². The molecule has 1 fully saturated rings. The number of urea groups is 1. The molecule has 5 nitrogen and oxygen atoms in total. The number of hydrogen-bond acceptors (Lipinski definition) is 2. The number of hydrogen-bond donors (Lipinski definition) is 3. The highest BCUT2D eigenvalue weighted by atomic mass is 16.4. The van der Waals surface area contributed by atoms with Gasteiger partial charge < -0.3 is 15.7 Å². The molecule has 1 aliphatic rings. The Balaban J connectivity index is 2.57. The van der Waals surface area contributed by atoms with Crippen LogP contribution >= 0.6 is 0 Å². The number of carbonyl (C=O) groups excluding carboxylic acids is 1. The van der Waals surface area contributed by atoms with Crippen molar-refractivity contribution in [2.24, 2.45) is 11.8 Å². The summed E-state index contributed by atoms with van der Waals surface area (Å²) in [6.07, 6.45) is 7.05. The number of carbonyl (C=O) groups is 2. The summed E-state index contributed by atoms with van der Waals surface area (Å²) in [6, 6.07) is -0.352. The third kappa shape index (κ3) is 4.35. The summed E-state index contributed by atoms with van der Waals surface area (Å²) < 4.78 is 0. The molecular formula is C16H30N2O3. The van der Waals surface area contributed by atoms with E-state index in [1.54, 1.807) is 0 Å². The van der Waals surface area contributed by atoms with Gasteiger partial charge in [-0.2, -0.15) is 0 Å². The molecule has 2 atom stereocenters. The predicted octanol–water partition coefficient (Wildman–Crippen LogP) is 3.15. The Labute approximate surface area is 127 Å². The number of carboxylic acids is 1. The first kappa shape index (κ1) is 17.8. The van der Waals surface area contributed by atoms with E-state index >= 15 is 0 Å². The molecule has 0 aromatic rings. The van der Waals surface area contributed by atoms with E-state index in [0.29, 0.717) is 6.54 Å². The highest BCUT2D eigenvalue weighted by Crippen LogP contribution is 2.38. The van der Waals surface area contributed by atoms with Gasteiger partial charge in [0.05, 0.1) is 0 Å². The molecule has 0 radical (unpaired) electrons. The first-order valence-electron chi connectivity index (χ1n) is 8.24. The topological polar surface area (TPSA) is 78.4 Å². The smallest absolute Gasteiger partial charge is 0.330 e. The number of nitrogens with one attached hydrogen (secondary N) is 2. The molecule has 1 rings (SSSR count). The third-order valence-corrected chi connectivity index (χ3v) is 4.82. The van der Waals surface area contributed by atoms with Gasteiger partial charge >= 0.3 is 12.0 Å². The van der Waals surface area contributed by atoms with Crippen LogP contribution in [0.4, 0.5) is 4.79 Å².